The summed E-state index contributed by atoms with van der Waals surface area (Å²) in [6.45, 7) is 5.99. The van der Waals surface area contributed by atoms with E-state index in [0.717, 1.165) is 32.0 Å². The number of nitrogens with one attached hydrogen (secondary N) is 1. The molecule has 0 bridgehead atoms. The van der Waals surface area contributed by atoms with Crippen LogP contribution in [0.5, 0.6) is 0 Å². The van der Waals surface area contributed by atoms with Crippen LogP contribution < -0.4 is 16.0 Å². The average molecular weight is 265 g/mol. The van der Waals surface area contributed by atoms with Gasteiger partial charge in [0.2, 0.25) is 11.9 Å². The van der Waals surface area contributed by atoms with E-state index < -0.39 is 0 Å². The summed E-state index contributed by atoms with van der Waals surface area (Å²) in [4.78, 5) is 17.0. The molecule has 1 aromatic rings. The van der Waals surface area contributed by atoms with Gasteiger partial charge in [0.15, 0.2) is 0 Å². The van der Waals surface area contributed by atoms with Crippen molar-refractivity contribution in [3.8, 4) is 0 Å². The monoisotopic (exact) mass is 265 g/mol. The maximum Gasteiger partial charge on any atom is 0.229 e. The van der Waals surface area contributed by atoms with Crippen molar-refractivity contribution in [3.63, 3.8) is 0 Å². The Balaban J connectivity index is 2.12. The lowest BCUT2D eigenvalue weighted by atomic mass is 10.2. The minimum Gasteiger partial charge on any atom is -0.368 e. The molecule has 3 N–H and O–H groups in total. The second-order valence-corrected chi connectivity index (χ2v) is 5.01. The number of hydrogen-bond donors (Lipinski definition) is 2. The van der Waals surface area contributed by atoms with Crippen molar-refractivity contribution in [3.05, 3.63) is 5.82 Å². The van der Waals surface area contributed by atoms with Crippen molar-refractivity contribution in [2.24, 2.45) is 0 Å². The van der Waals surface area contributed by atoms with E-state index in [-0.39, 0.29) is 5.95 Å². The van der Waals surface area contributed by atoms with Crippen molar-refractivity contribution in [2.45, 2.75) is 25.9 Å². The number of anilines is 2. The fourth-order valence-electron chi connectivity index (χ4n) is 2.33. The molecule has 106 valence electrons. The highest BCUT2D eigenvalue weighted by molar-refractivity contribution is 5.32. The molecule has 1 aliphatic rings. The van der Waals surface area contributed by atoms with Gasteiger partial charge in [-0.3, -0.25) is 4.90 Å². The largest absolute Gasteiger partial charge is 0.368 e. The summed E-state index contributed by atoms with van der Waals surface area (Å²) in [6, 6.07) is 0.561. The Morgan fingerprint density at radius 3 is 2.68 bits per heavy atom. The smallest absolute Gasteiger partial charge is 0.229 e. The van der Waals surface area contributed by atoms with E-state index in [9.17, 15) is 0 Å². The van der Waals surface area contributed by atoms with Crippen LogP contribution in [-0.2, 0) is 6.54 Å². The number of nitrogen functional groups attached to an aromatic ring is 1. The molecular weight excluding hydrogens is 242 g/mol. The molecule has 0 radical (unpaired) electrons. The number of aromatic nitrogens is 3. The van der Waals surface area contributed by atoms with Crippen molar-refractivity contribution in [1.29, 1.82) is 0 Å². The predicted octanol–water partition coefficient (Wildman–Crippen LogP) is -0.296. The maximum atomic E-state index is 5.75. The van der Waals surface area contributed by atoms with E-state index in [1.165, 1.54) is 6.42 Å². The van der Waals surface area contributed by atoms with Crippen molar-refractivity contribution in [2.75, 3.05) is 44.4 Å². The van der Waals surface area contributed by atoms with Crippen LogP contribution in [-0.4, -0.2) is 59.6 Å². The van der Waals surface area contributed by atoms with Gasteiger partial charge in [0.05, 0.1) is 6.54 Å². The Kier molecular flexibility index (Phi) is 4.49. The third kappa shape index (κ3) is 3.51. The van der Waals surface area contributed by atoms with E-state index in [1.807, 2.05) is 19.0 Å². The van der Waals surface area contributed by atoms with E-state index in [4.69, 9.17) is 5.73 Å². The molecule has 1 unspecified atom stereocenters. The second-order valence-electron chi connectivity index (χ2n) is 5.01. The Bertz CT molecular complexity index is 415. The highest BCUT2D eigenvalue weighted by Gasteiger charge is 2.22. The zero-order chi connectivity index (χ0) is 13.8. The number of likely N-dealkylation sites (N-methyl/N-ethyl adjacent to an activating group) is 1. The normalized spacial score (nSPS) is 19.1. The van der Waals surface area contributed by atoms with E-state index >= 15 is 0 Å². The van der Waals surface area contributed by atoms with Gasteiger partial charge >= 0.3 is 0 Å². The van der Waals surface area contributed by atoms with Gasteiger partial charge in [-0.2, -0.15) is 15.0 Å². The Labute approximate surface area is 114 Å². The van der Waals surface area contributed by atoms with E-state index in [1.54, 1.807) is 0 Å². The van der Waals surface area contributed by atoms with Gasteiger partial charge in [-0.25, -0.2) is 0 Å². The zero-order valence-electron chi connectivity index (χ0n) is 11.9. The minimum absolute atomic E-state index is 0.286. The third-order valence-electron chi connectivity index (χ3n) is 3.39. The topological polar surface area (TPSA) is 83.2 Å². The number of nitrogens with two attached hydrogens (primary N) is 1. The number of hydrogen-bond acceptors (Lipinski definition) is 7. The third-order valence-corrected chi connectivity index (χ3v) is 3.39. The average Bonchev–Trinajstić information content (AvgIpc) is 2.89. The molecule has 0 spiro atoms. The van der Waals surface area contributed by atoms with Crippen LogP contribution >= 0.6 is 0 Å². The van der Waals surface area contributed by atoms with E-state index in [0.29, 0.717) is 12.0 Å². The molecule has 0 saturated carbocycles. The highest BCUT2D eigenvalue weighted by Crippen LogP contribution is 2.13. The van der Waals surface area contributed by atoms with Gasteiger partial charge < -0.3 is 16.0 Å². The lowest BCUT2D eigenvalue weighted by Crippen LogP contribution is -2.36. The summed E-state index contributed by atoms with van der Waals surface area (Å²) >= 11 is 0. The first-order valence-corrected chi connectivity index (χ1v) is 6.72. The highest BCUT2D eigenvalue weighted by atomic mass is 15.3. The summed E-state index contributed by atoms with van der Waals surface area (Å²) in [7, 11) is 3.80. The molecule has 1 aromatic heterocycles. The molecule has 19 heavy (non-hydrogen) atoms. The van der Waals surface area contributed by atoms with Gasteiger partial charge in [-0.15, -0.1) is 0 Å². The molecule has 1 atom stereocenters. The molecule has 0 amide bonds. The minimum atomic E-state index is 0.286. The van der Waals surface area contributed by atoms with Crippen molar-refractivity contribution in [1.82, 2.24) is 25.2 Å². The van der Waals surface area contributed by atoms with Gasteiger partial charge in [-0.1, -0.05) is 6.92 Å². The molecule has 2 rings (SSSR count). The summed E-state index contributed by atoms with van der Waals surface area (Å²) in [5.74, 6) is 1.64. The van der Waals surface area contributed by atoms with Gasteiger partial charge in [0, 0.05) is 26.7 Å². The first kappa shape index (κ1) is 14.0. The van der Waals surface area contributed by atoms with Crippen LogP contribution in [0.25, 0.3) is 0 Å². The SMILES string of the molecule is CCN(Cc1nc(N)nc(N(C)C)n1)C1CCNC1. The second kappa shape index (κ2) is 6.12. The lowest BCUT2D eigenvalue weighted by Gasteiger charge is -2.26. The molecule has 7 nitrogen and oxygen atoms in total. The molecule has 7 heteroatoms. The van der Waals surface area contributed by atoms with Crippen molar-refractivity contribution < 1.29 is 0 Å². The van der Waals surface area contributed by atoms with Crippen LogP contribution in [0.3, 0.4) is 0 Å². The van der Waals surface area contributed by atoms with Crippen LogP contribution in [0.2, 0.25) is 0 Å². The lowest BCUT2D eigenvalue weighted by molar-refractivity contribution is 0.205. The number of nitrogens with zero attached hydrogens (tertiary/aromatic N) is 5. The van der Waals surface area contributed by atoms with Crippen LogP contribution in [0.4, 0.5) is 11.9 Å². The van der Waals surface area contributed by atoms with E-state index in [2.05, 4.69) is 32.1 Å². The Morgan fingerprint density at radius 1 is 1.32 bits per heavy atom. The Morgan fingerprint density at radius 2 is 2.11 bits per heavy atom. The number of rotatable bonds is 5. The fourth-order valence-corrected chi connectivity index (χ4v) is 2.33. The van der Waals surface area contributed by atoms with Crippen LogP contribution in [0.1, 0.15) is 19.2 Å². The van der Waals surface area contributed by atoms with Gasteiger partial charge in [0.25, 0.3) is 0 Å². The van der Waals surface area contributed by atoms with Crippen LogP contribution in [0, 0.1) is 0 Å². The summed E-state index contributed by atoms with van der Waals surface area (Å²) in [5.41, 5.74) is 5.75. The first-order valence-electron chi connectivity index (χ1n) is 6.72. The van der Waals surface area contributed by atoms with Gasteiger partial charge in [-0.05, 0) is 19.5 Å². The molecule has 1 saturated heterocycles. The van der Waals surface area contributed by atoms with Crippen molar-refractivity contribution >= 4 is 11.9 Å². The molecule has 1 fully saturated rings. The zero-order valence-corrected chi connectivity index (χ0v) is 11.9. The van der Waals surface area contributed by atoms with Crippen LogP contribution in [0.15, 0.2) is 0 Å². The molecule has 0 aromatic carbocycles. The molecular formula is C12H23N7. The molecule has 1 aliphatic heterocycles. The predicted molar refractivity (Wildman–Crippen MR) is 75.9 cm³/mol. The van der Waals surface area contributed by atoms with Gasteiger partial charge in [0.1, 0.15) is 5.82 Å². The summed E-state index contributed by atoms with van der Waals surface area (Å²) < 4.78 is 0. The molecule has 2 heterocycles. The Hall–Kier alpha value is -1.47. The standard InChI is InChI=1S/C12H23N7/c1-4-19(9-5-6-14-7-9)8-10-15-11(13)17-12(16-10)18(2)3/h9,14H,4-8H2,1-3H3,(H2,13,15,16,17). The molecule has 0 aliphatic carbocycles. The maximum absolute atomic E-state index is 5.75. The quantitative estimate of drug-likeness (QED) is 0.756. The first-order chi connectivity index (χ1) is 9.10. The summed E-state index contributed by atoms with van der Waals surface area (Å²) in [5, 5.41) is 3.39. The fraction of sp³-hybridized carbons (Fsp3) is 0.750. The summed E-state index contributed by atoms with van der Waals surface area (Å²) in [6.07, 6.45) is 1.18.